The Morgan fingerprint density at radius 3 is 2.80 bits per heavy atom. The average molecular weight is 209 g/mol. The summed E-state index contributed by atoms with van der Waals surface area (Å²) < 4.78 is 4.32. The van der Waals surface area contributed by atoms with Crippen LogP contribution in [0, 0.1) is 0 Å². The van der Waals surface area contributed by atoms with Crippen molar-refractivity contribution in [3.05, 3.63) is 24.3 Å². The molecular formula is C9H11N3O3. The number of rotatable bonds is 1. The number of benzene rings is 1. The molecule has 0 fully saturated rings. The normalized spacial score (nSPS) is 10.9. The number of nitrogens with zero attached hydrogens (tertiary/aromatic N) is 1. The van der Waals surface area contributed by atoms with E-state index in [1.165, 1.54) is 13.2 Å². The molecule has 0 atom stereocenters. The number of para-hydroxylation sites is 2. The number of phenolic OH excluding ortho intramolecular Hbond substituents is 1. The van der Waals surface area contributed by atoms with Crippen LogP contribution in [0.25, 0.3) is 0 Å². The standard InChI is InChI=1S/C9H11N3O3/c1-15-9(14)12-8(10)11-6-4-2-3-5-7(6)13/h2-5,13H,1H3,(H3,10,11,12,14). The first-order valence-corrected chi connectivity index (χ1v) is 4.10. The fourth-order valence-corrected chi connectivity index (χ4v) is 0.872. The third-order valence-corrected chi connectivity index (χ3v) is 1.54. The molecule has 0 unspecified atom stereocenters. The smallest absolute Gasteiger partial charge is 0.413 e. The minimum atomic E-state index is -0.716. The van der Waals surface area contributed by atoms with E-state index in [1.807, 2.05) is 0 Å². The van der Waals surface area contributed by atoms with E-state index in [0.29, 0.717) is 0 Å². The van der Waals surface area contributed by atoms with Crippen LogP contribution in [-0.4, -0.2) is 24.3 Å². The van der Waals surface area contributed by atoms with Gasteiger partial charge in [0, 0.05) is 0 Å². The maximum absolute atomic E-state index is 10.7. The number of nitrogens with one attached hydrogen (secondary N) is 1. The van der Waals surface area contributed by atoms with E-state index in [-0.39, 0.29) is 17.4 Å². The topological polar surface area (TPSA) is 96.9 Å². The van der Waals surface area contributed by atoms with Gasteiger partial charge in [-0.15, -0.1) is 0 Å². The van der Waals surface area contributed by atoms with E-state index >= 15 is 0 Å². The Morgan fingerprint density at radius 1 is 1.53 bits per heavy atom. The fraction of sp³-hybridized carbons (Fsp3) is 0.111. The molecule has 0 radical (unpaired) electrons. The Hall–Kier alpha value is -2.24. The van der Waals surface area contributed by atoms with Gasteiger partial charge in [-0.1, -0.05) is 12.1 Å². The molecule has 6 nitrogen and oxygen atoms in total. The number of carbonyl (C=O) groups is 1. The number of hydrogen-bond donors (Lipinski definition) is 3. The zero-order chi connectivity index (χ0) is 11.3. The zero-order valence-corrected chi connectivity index (χ0v) is 8.10. The molecule has 4 N–H and O–H groups in total. The van der Waals surface area contributed by atoms with Crippen molar-refractivity contribution >= 4 is 17.7 Å². The van der Waals surface area contributed by atoms with Gasteiger partial charge >= 0.3 is 6.09 Å². The highest BCUT2D eigenvalue weighted by Gasteiger charge is 2.02. The molecule has 80 valence electrons. The van der Waals surface area contributed by atoms with Gasteiger partial charge in [0.2, 0.25) is 5.96 Å². The summed E-state index contributed by atoms with van der Waals surface area (Å²) in [6, 6.07) is 6.35. The number of nitrogens with two attached hydrogens (primary N) is 1. The lowest BCUT2D eigenvalue weighted by molar-refractivity contribution is 0.176. The van der Waals surface area contributed by atoms with Crippen LogP contribution in [0.4, 0.5) is 10.5 Å². The summed E-state index contributed by atoms with van der Waals surface area (Å²) >= 11 is 0. The molecule has 0 aliphatic heterocycles. The highest BCUT2D eigenvalue weighted by atomic mass is 16.5. The summed E-state index contributed by atoms with van der Waals surface area (Å²) in [5, 5.41) is 11.5. The monoisotopic (exact) mass is 209 g/mol. The first-order valence-electron chi connectivity index (χ1n) is 4.10. The maximum Gasteiger partial charge on any atom is 0.413 e. The summed E-state index contributed by atoms with van der Waals surface area (Å²) in [4.78, 5) is 14.5. The third-order valence-electron chi connectivity index (χ3n) is 1.54. The van der Waals surface area contributed by atoms with Crippen molar-refractivity contribution in [1.82, 2.24) is 5.32 Å². The molecule has 1 amide bonds. The molecule has 0 saturated carbocycles. The summed E-state index contributed by atoms with van der Waals surface area (Å²) in [5.74, 6) is -0.171. The number of ether oxygens (including phenoxy) is 1. The number of hydrogen-bond acceptors (Lipinski definition) is 4. The van der Waals surface area contributed by atoms with Crippen molar-refractivity contribution < 1.29 is 14.6 Å². The summed E-state index contributed by atoms with van der Waals surface area (Å²) in [5.41, 5.74) is 5.65. The summed E-state index contributed by atoms with van der Waals surface area (Å²) in [6.45, 7) is 0. The number of carbonyl (C=O) groups excluding carboxylic acids is 1. The van der Waals surface area contributed by atoms with Crippen LogP contribution < -0.4 is 11.1 Å². The second kappa shape index (κ2) is 4.85. The minimum Gasteiger partial charge on any atom is -0.506 e. The Labute approximate surface area is 86.4 Å². The molecule has 1 aromatic carbocycles. The molecule has 0 aliphatic carbocycles. The zero-order valence-electron chi connectivity index (χ0n) is 8.10. The van der Waals surface area contributed by atoms with Crippen molar-refractivity contribution in [2.75, 3.05) is 7.11 Å². The van der Waals surface area contributed by atoms with Crippen molar-refractivity contribution in [2.45, 2.75) is 0 Å². The Kier molecular flexibility index (Phi) is 3.50. The van der Waals surface area contributed by atoms with Crippen LogP contribution in [0.15, 0.2) is 29.3 Å². The predicted octanol–water partition coefficient (Wildman–Crippen LogP) is 0.694. The van der Waals surface area contributed by atoms with Crippen molar-refractivity contribution in [3.8, 4) is 5.75 Å². The number of guanidine groups is 1. The van der Waals surface area contributed by atoms with Gasteiger partial charge in [0.25, 0.3) is 0 Å². The van der Waals surface area contributed by atoms with Crippen LogP contribution in [-0.2, 0) is 4.74 Å². The lowest BCUT2D eigenvalue weighted by atomic mass is 10.3. The van der Waals surface area contributed by atoms with Gasteiger partial charge in [-0.25, -0.2) is 9.79 Å². The first-order chi connectivity index (χ1) is 7.13. The van der Waals surface area contributed by atoms with Gasteiger partial charge in [0.1, 0.15) is 11.4 Å². The molecule has 0 heterocycles. The third kappa shape index (κ3) is 3.18. The highest BCUT2D eigenvalue weighted by molar-refractivity contribution is 5.94. The largest absolute Gasteiger partial charge is 0.506 e. The Balaban J connectivity index is 2.79. The second-order valence-corrected chi connectivity index (χ2v) is 2.60. The molecule has 0 aromatic heterocycles. The number of methoxy groups -OCH3 is 1. The molecule has 0 aliphatic rings. The second-order valence-electron chi connectivity index (χ2n) is 2.60. The van der Waals surface area contributed by atoms with Gasteiger partial charge in [0.15, 0.2) is 0 Å². The van der Waals surface area contributed by atoms with Gasteiger partial charge in [-0.05, 0) is 12.1 Å². The quantitative estimate of drug-likeness (QED) is 0.468. The Bertz CT molecular complexity index is 390. The number of aliphatic imine (C=N–C) groups is 1. The van der Waals surface area contributed by atoms with Crippen LogP contribution in [0.3, 0.4) is 0 Å². The van der Waals surface area contributed by atoms with E-state index in [0.717, 1.165) is 0 Å². The molecule has 1 aromatic rings. The number of amides is 1. The fourth-order valence-electron chi connectivity index (χ4n) is 0.872. The molecule has 1 rings (SSSR count). The molecule has 0 saturated heterocycles. The Morgan fingerprint density at radius 2 is 2.20 bits per heavy atom. The van der Waals surface area contributed by atoms with Crippen LogP contribution in [0.2, 0.25) is 0 Å². The predicted molar refractivity (Wildman–Crippen MR) is 54.9 cm³/mol. The number of aromatic hydroxyl groups is 1. The SMILES string of the molecule is COC(=O)NC(N)=Nc1ccccc1O. The summed E-state index contributed by atoms with van der Waals surface area (Å²) in [6.07, 6.45) is -0.716. The first kappa shape index (κ1) is 10.8. The van der Waals surface area contributed by atoms with Gasteiger partial charge in [-0.3, -0.25) is 5.32 Å². The van der Waals surface area contributed by atoms with E-state index < -0.39 is 6.09 Å². The van der Waals surface area contributed by atoms with Gasteiger partial charge < -0.3 is 15.6 Å². The number of phenols is 1. The van der Waals surface area contributed by atoms with Crippen LogP contribution >= 0.6 is 0 Å². The lowest BCUT2D eigenvalue weighted by Crippen LogP contribution is -2.36. The molecule has 15 heavy (non-hydrogen) atoms. The number of alkyl carbamates (subject to hydrolysis) is 1. The molecular weight excluding hydrogens is 198 g/mol. The molecule has 0 spiro atoms. The lowest BCUT2D eigenvalue weighted by Gasteiger charge is -2.03. The van der Waals surface area contributed by atoms with Gasteiger partial charge in [0.05, 0.1) is 7.11 Å². The van der Waals surface area contributed by atoms with E-state index in [9.17, 15) is 9.90 Å². The molecule has 6 heteroatoms. The van der Waals surface area contributed by atoms with Crippen LogP contribution in [0.1, 0.15) is 0 Å². The maximum atomic E-state index is 10.7. The molecule has 0 bridgehead atoms. The van der Waals surface area contributed by atoms with Crippen molar-refractivity contribution in [1.29, 1.82) is 0 Å². The van der Waals surface area contributed by atoms with Crippen molar-refractivity contribution in [2.24, 2.45) is 10.7 Å². The average Bonchev–Trinajstić information content (AvgIpc) is 2.21. The highest BCUT2D eigenvalue weighted by Crippen LogP contribution is 2.24. The summed E-state index contributed by atoms with van der Waals surface area (Å²) in [7, 11) is 1.21. The van der Waals surface area contributed by atoms with E-state index in [1.54, 1.807) is 18.2 Å². The van der Waals surface area contributed by atoms with E-state index in [2.05, 4.69) is 15.0 Å². The van der Waals surface area contributed by atoms with E-state index in [4.69, 9.17) is 5.73 Å². The minimum absolute atomic E-state index is 0.0212. The van der Waals surface area contributed by atoms with Crippen LogP contribution in [0.5, 0.6) is 5.75 Å². The van der Waals surface area contributed by atoms with Crippen molar-refractivity contribution in [3.63, 3.8) is 0 Å². The van der Waals surface area contributed by atoms with Gasteiger partial charge in [-0.2, -0.15) is 0 Å².